The number of ether oxygens (including phenoxy) is 1. The molecule has 1 saturated heterocycles. The first-order valence-electron chi connectivity index (χ1n) is 13.0. The number of hydrogen-bond acceptors (Lipinski definition) is 6. The summed E-state index contributed by atoms with van der Waals surface area (Å²) in [6.45, 7) is 4.76. The van der Waals surface area contributed by atoms with E-state index < -0.39 is 0 Å². The van der Waals surface area contributed by atoms with Crippen LogP contribution in [0, 0.1) is 23.2 Å². The Hall–Kier alpha value is -2.21. The van der Waals surface area contributed by atoms with E-state index in [1.165, 1.54) is 32.1 Å². The molecule has 188 valence electrons. The van der Waals surface area contributed by atoms with Gasteiger partial charge in [0.25, 0.3) is 0 Å². The Morgan fingerprint density at radius 3 is 2.78 bits per heavy atom. The molecular formula is C27H30BrClN6O. The Kier molecular flexibility index (Phi) is 6.65. The summed E-state index contributed by atoms with van der Waals surface area (Å²) < 4.78 is 9.16. The first-order chi connectivity index (χ1) is 17.5. The predicted octanol–water partition coefficient (Wildman–Crippen LogP) is 6.36. The van der Waals surface area contributed by atoms with E-state index in [0.717, 1.165) is 54.4 Å². The van der Waals surface area contributed by atoms with Gasteiger partial charge >= 0.3 is 0 Å². The highest BCUT2D eigenvalue weighted by atomic mass is 79.9. The number of imidazole rings is 1. The summed E-state index contributed by atoms with van der Waals surface area (Å²) in [6, 6.07) is 4.45. The fourth-order valence-corrected chi connectivity index (χ4v) is 6.94. The summed E-state index contributed by atoms with van der Waals surface area (Å²) in [7, 11) is 0. The minimum Gasteiger partial charge on any atom is -0.374 e. The van der Waals surface area contributed by atoms with E-state index in [2.05, 4.69) is 43.4 Å². The van der Waals surface area contributed by atoms with E-state index in [1.54, 1.807) is 12.4 Å². The smallest absolute Gasteiger partial charge is 0.207 e. The third-order valence-electron chi connectivity index (χ3n) is 8.21. The fraction of sp³-hybridized carbons (Fsp3) is 0.556. The van der Waals surface area contributed by atoms with Crippen LogP contribution in [0.15, 0.2) is 22.9 Å². The SMILES string of the molecule is C[C@H]1CC[C@H](Cn2c(N3CCO[C@@H]4CCC[C@H]43)nc3c(Br)c(C#N)nc(-c4cncc(Cl)c4)c32)CC1. The van der Waals surface area contributed by atoms with E-state index >= 15 is 0 Å². The summed E-state index contributed by atoms with van der Waals surface area (Å²) >= 11 is 10.0. The second kappa shape index (κ2) is 9.92. The highest BCUT2D eigenvalue weighted by molar-refractivity contribution is 9.10. The number of pyridine rings is 2. The number of hydrogen-bond donors (Lipinski definition) is 0. The van der Waals surface area contributed by atoms with Gasteiger partial charge in [-0.1, -0.05) is 31.4 Å². The zero-order valence-corrected chi connectivity index (χ0v) is 22.8. The van der Waals surface area contributed by atoms with Crippen LogP contribution in [0.2, 0.25) is 5.02 Å². The van der Waals surface area contributed by atoms with Crippen molar-refractivity contribution in [3.05, 3.63) is 33.6 Å². The summed E-state index contributed by atoms with van der Waals surface area (Å²) in [5.41, 5.74) is 3.54. The number of nitrogens with zero attached hydrogens (tertiary/aromatic N) is 6. The lowest BCUT2D eigenvalue weighted by Crippen LogP contribution is -2.49. The number of nitriles is 1. The molecule has 2 aliphatic carbocycles. The van der Waals surface area contributed by atoms with Gasteiger partial charge in [-0.15, -0.1) is 0 Å². The Bertz CT molecular complexity index is 1330. The van der Waals surface area contributed by atoms with Crippen molar-refractivity contribution in [1.29, 1.82) is 5.26 Å². The van der Waals surface area contributed by atoms with Crippen LogP contribution >= 0.6 is 27.5 Å². The maximum atomic E-state index is 9.89. The van der Waals surface area contributed by atoms with E-state index in [9.17, 15) is 5.26 Å². The van der Waals surface area contributed by atoms with Crippen LogP contribution in [-0.2, 0) is 11.3 Å². The van der Waals surface area contributed by atoms with Crippen molar-refractivity contribution in [2.24, 2.45) is 11.8 Å². The average Bonchev–Trinajstić information content (AvgIpc) is 3.51. The zero-order valence-electron chi connectivity index (χ0n) is 20.5. The predicted molar refractivity (Wildman–Crippen MR) is 144 cm³/mol. The molecule has 3 aromatic rings. The third-order valence-corrected chi connectivity index (χ3v) is 9.17. The quantitative estimate of drug-likeness (QED) is 0.363. The van der Waals surface area contributed by atoms with Gasteiger partial charge in [-0.2, -0.15) is 5.26 Å². The summed E-state index contributed by atoms with van der Waals surface area (Å²) in [6.07, 6.45) is 12.0. The Labute approximate surface area is 225 Å². The number of anilines is 1. The van der Waals surface area contributed by atoms with Gasteiger partial charge in [0, 0.05) is 31.0 Å². The lowest BCUT2D eigenvalue weighted by molar-refractivity contribution is 0.0247. The molecule has 0 spiro atoms. The second-order valence-corrected chi connectivity index (χ2v) is 11.8. The number of aromatic nitrogens is 4. The van der Waals surface area contributed by atoms with Crippen LogP contribution in [-0.4, -0.2) is 44.8 Å². The summed E-state index contributed by atoms with van der Waals surface area (Å²) in [4.78, 5) is 16.8. The molecule has 36 heavy (non-hydrogen) atoms. The Balaban J connectivity index is 1.57. The van der Waals surface area contributed by atoms with E-state index in [4.69, 9.17) is 26.3 Å². The molecule has 0 amide bonds. The molecule has 6 rings (SSSR count). The molecule has 0 bridgehead atoms. The van der Waals surface area contributed by atoms with Crippen molar-refractivity contribution in [3.8, 4) is 17.3 Å². The van der Waals surface area contributed by atoms with Gasteiger partial charge in [-0.3, -0.25) is 4.98 Å². The normalized spacial score (nSPS) is 26.2. The molecular weight excluding hydrogens is 540 g/mol. The molecule has 7 nitrogen and oxygen atoms in total. The maximum Gasteiger partial charge on any atom is 0.207 e. The molecule has 3 aromatic heterocycles. The largest absolute Gasteiger partial charge is 0.374 e. The van der Waals surface area contributed by atoms with E-state index in [1.807, 2.05) is 6.07 Å². The molecule has 3 fully saturated rings. The van der Waals surface area contributed by atoms with E-state index in [0.29, 0.717) is 39.4 Å². The van der Waals surface area contributed by atoms with Crippen LogP contribution in [0.5, 0.6) is 0 Å². The number of halogens is 2. The van der Waals surface area contributed by atoms with Crippen molar-refractivity contribution in [1.82, 2.24) is 19.5 Å². The number of rotatable bonds is 4. The lowest BCUT2D eigenvalue weighted by Gasteiger charge is -2.39. The van der Waals surface area contributed by atoms with Gasteiger partial charge in [-0.05, 0) is 65.9 Å². The van der Waals surface area contributed by atoms with Crippen molar-refractivity contribution < 1.29 is 4.74 Å². The third kappa shape index (κ3) is 4.29. The first-order valence-corrected chi connectivity index (χ1v) is 14.2. The first kappa shape index (κ1) is 24.1. The van der Waals surface area contributed by atoms with Gasteiger partial charge in [0.15, 0.2) is 5.69 Å². The van der Waals surface area contributed by atoms with Crippen molar-refractivity contribution in [2.75, 3.05) is 18.1 Å². The number of morpholine rings is 1. The summed E-state index contributed by atoms with van der Waals surface area (Å²) in [5, 5.41) is 10.4. The van der Waals surface area contributed by atoms with Crippen LogP contribution < -0.4 is 4.90 Å². The number of fused-ring (bicyclic) bond motifs is 2. The van der Waals surface area contributed by atoms with Crippen LogP contribution in [0.3, 0.4) is 0 Å². The summed E-state index contributed by atoms with van der Waals surface area (Å²) in [5.74, 6) is 2.34. The van der Waals surface area contributed by atoms with Gasteiger partial charge in [0.05, 0.1) is 39.5 Å². The molecule has 4 heterocycles. The maximum absolute atomic E-state index is 9.89. The molecule has 0 aromatic carbocycles. The van der Waals surface area contributed by atoms with Gasteiger partial charge < -0.3 is 14.2 Å². The topological polar surface area (TPSA) is 79.9 Å². The molecule has 2 saturated carbocycles. The van der Waals surface area contributed by atoms with Gasteiger partial charge in [0.1, 0.15) is 11.6 Å². The second-order valence-electron chi connectivity index (χ2n) is 10.6. The Morgan fingerprint density at radius 2 is 2.00 bits per heavy atom. The average molecular weight is 570 g/mol. The molecule has 3 aliphatic rings. The van der Waals surface area contributed by atoms with Crippen molar-refractivity contribution >= 4 is 44.5 Å². The van der Waals surface area contributed by atoms with Gasteiger partial charge in [-0.25, -0.2) is 9.97 Å². The molecule has 0 radical (unpaired) electrons. The fourth-order valence-electron chi connectivity index (χ4n) is 6.31. The molecule has 2 atom stereocenters. The highest BCUT2D eigenvalue weighted by Crippen LogP contribution is 2.41. The molecule has 0 unspecified atom stereocenters. The van der Waals surface area contributed by atoms with Crippen LogP contribution in [0.4, 0.5) is 5.95 Å². The zero-order chi connectivity index (χ0) is 24.8. The van der Waals surface area contributed by atoms with E-state index in [-0.39, 0.29) is 6.10 Å². The van der Waals surface area contributed by atoms with Crippen LogP contribution in [0.25, 0.3) is 22.3 Å². The van der Waals surface area contributed by atoms with Crippen LogP contribution in [0.1, 0.15) is 57.6 Å². The minimum absolute atomic E-state index is 0.260. The van der Waals surface area contributed by atoms with Gasteiger partial charge in [0.2, 0.25) is 5.95 Å². The lowest BCUT2D eigenvalue weighted by atomic mass is 9.83. The highest BCUT2D eigenvalue weighted by Gasteiger charge is 2.39. The molecule has 1 aliphatic heterocycles. The standard InChI is InChI=1S/C27H30BrClN6O/c1-16-5-7-17(8-6-16)15-35-26-24(18-11-19(29)14-31-13-18)32-20(12-30)23(28)25(26)33-27(35)34-9-10-36-22-4-2-3-21(22)34/h11,13-14,16-17,21-22H,2-10,15H2,1H3/t16-,17-,21-,22-/m1/s1. The minimum atomic E-state index is 0.260. The van der Waals surface area contributed by atoms with Crippen molar-refractivity contribution in [3.63, 3.8) is 0 Å². The molecule has 0 N–H and O–H groups in total. The Morgan fingerprint density at radius 1 is 1.17 bits per heavy atom. The van der Waals surface area contributed by atoms with Crippen molar-refractivity contribution in [2.45, 2.75) is 70.6 Å². The molecule has 9 heteroatoms. The monoisotopic (exact) mass is 568 g/mol.